The molecule has 7 heteroatoms. The summed E-state index contributed by atoms with van der Waals surface area (Å²) in [5, 5.41) is 21.3. The number of aromatic nitrogens is 3. The third-order valence-electron chi connectivity index (χ3n) is 4.15. The molecule has 0 aliphatic carbocycles. The zero-order valence-corrected chi connectivity index (χ0v) is 11.7. The molecule has 3 heterocycles. The zero-order valence-electron chi connectivity index (χ0n) is 11.7. The van der Waals surface area contributed by atoms with Crippen LogP contribution in [0.3, 0.4) is 0 Å². The summed E-state index contributed by atoms with van der Waals surface area (Å²) in [6.07, 6.45) is 4.37. The number of hydrogen-bond acceptors (Lipinski definition) is 5. The smallest absolute Gasteiger partial charge is 0.276 e. The van der Waals surface area contributed by atoms with Crippen LogP contribution in [0.4, 0.5) is 0 Å². The fourth-order valence-corrected chi connectivity index (χ4v) is 2.90. The number of carbonyl (C=O) groups excluding carboxylic acids is 1. The molecule has 0 saturated carbocycles. The molecule has 1 unspecified atom stereocenters. The Kier molecular flexibility index (Phi) is 3.47. The van der Waals surface area contributed by atoms with E-state index in [1.165, 1.54) is 0 Å². The molecule has 0 aromatic carbocycles. The summed E-state index contributed by atoms with van der Waals surface area (Å²) in [4.78, 5) is 14.0. The van der Waals surface area contributed by atoms with Crippen LogP contribution in [0.15, 0.2) is 6.20 Å². The van der Waals surface area contributed by atoms with Crippen molar-refractivity contribution < 1.29 is 9.90 Å². The van der Waals surface area contributed by atoms with Crippen molar-refractivity contribution in [1.82, 2.24) is 25.2 Å². The van der Waals surface area contributed by atoms with E-state index in [2.05, 4.69) is 15.6 Å². The highest BCUT2D eigenvalue weighted by Gasteiger charge is 2.35. The van der Waals surface area contributed by atoms with E-state index >= 15 is 0 Å². The predicted octanol–water partition coefficient (Wildman–Crippen LogP) is -0.201. The van der Waals surface area contributed by atoms with E-state index in [1.54, 1.807) is 18.0 Å². The third kappa shape index (κ3) is 2.69. The van der Waals surface area contributed by atoms with Crippen molar-refractivity contribution in [3.8, 4) is 0 Å². The van der Waals surface area contributed by atoms with Crippen LogP contribution < -0.4 is 5.32 Å². The standard InChI is InChI=1S/C13H21N5O2/c1-13(20)4-7-17(9-13)12(19)11-8-18(16-15-11)10-2-5-14-6-3-10/h8,10,14,20H,2-7,9H2,1H3. The first kappa shape index (κ1) is 13.5. The Morgan fingerprint density at radius 1 is 1.50 bits per heavy atom. The normalized spacial score (nSPS) is 28.0. The first-order chi connectivity index (χ1) is 9.55. The van der Waals surface area contributed by atoms with Crippen LogP contribution in [0.5, 0.6) is 0 Å². The Morgan fingerprint density at radius 2 is 2.25 bits per heavy atom. The van der Waals surface area contributed by atoms with Crippen LogP contribution in [0.1, 0.15) is 42.7 Å². The van der Waals surface area contributed by atoms with E-state index in [0.717, 1.165) is 25.9 Å². The first-order valence-corrected chi connectivity index (χ1v) is 7.19. The van der Waals surface area contributed by atoms with Gasteiger partial charge in [-0.15, -0.1) is 5.10 Å². The van der Waals surface area contributed by atoms with Gasteiger partial charge in [0.2, 0.25) is 0 Å². The minimum Gasteiger partial charge on any atom is -0.388 e. The Labute approximate surface area is 117 Å². The Balaban J connectivity index is 1.68. The van der Waals surface area contributed by atoms with E-state index in [4.69, 9.17) is 0 Å². The molecule has 1 amide bonds. The molecule has 0 radical (unpaired) electrons. The second-order valence-corrected chi connectivity index (χ2v) is 6.04. The van der Waals surface area contributed by atoms with Crippen molar-refractivity contribution >= 4 is 5.91 Å². The van der Waals surface area contributed by atoms with Crippen molar-refractivity contribution in [2.24, 2.45) is 0 Å². The minimum absolute atomic E-state index is 0.136. The topological polar surface area (TPSA) is 83.3 Å². The fourth-order valence-electron chi connectivity index (χ4n) is 2.90. The highest BCUT2D eigenvalue weighted by molar-refractivity contribution is 5.92. The molecular formula is C13H21N5O2. The van der Waals surface area contributed by atoms with Crippen molar-refractivity contribution in [3.63, 3.8) is 0 Å². The molecule has 2 saturated heterocycles. The van der Waals surface area contributed by atoms with Crippen LogP contribution in [-0.4, -0.2) is 62.7 Å². The number of nitrogens with zero attached hydrogens (tertiary/aromatic N) is 4. The van der Waals surface area contributed by atoms with Gasteiger partial charge in [0.05, 0.1) is 17.8 Å². The molecule has 20 heavy (non-hydrogen) atoms. The van der Waals surface area contributed by atoms with Crippen molar-refractivity contribution in [2.75, 3.05) is 26.2 Å². The molecular weight excluding hydrogens is 258 g/mol. The average molecular weight is 279 g/mol. The summed E-state index contributed by atoms with van der Waals surface area (Å²) >= 11 is 0. The van der Waals surface area contributed by atoms with Gasteiger partial charge < -0.3 is 15.3 Å². The third-order valence-corrected chi connectivity index (χ3v) is 4.15. The second kappa shape index (κ2) is 5.14. The van der Waals surface area contributed by atoms with E-state index in [0.29, 0.717) is 31.2 Å². The summed E-state index contributed by atoms with van der Waals surface area (Å²) in [6.45, 7) is 4.65. The number of rotatable bonds is 2. The number of piperidine rings is 1. The summed E-state index contributed by atoms with van der Waals surface area (Å²) in [5.41, 5.74) is -0.401. The number of hydrogen-bond donors (Lipinski definition) is 2. The molecule has 2 aliphatic heterocycles. The number of β-amino-alcohol motifs (C(OH)–C–C–N with tert-alkyl or cyclic N) is 1. The molecule has 2 fully saturated rings. The highest BCUT2D eigenvalue weighted by atomic mass is 16.3. The number of amides is 1. The molecule has 2 aliphatic rings. The molecule has 1 aromatic heterocycles. The molecule has 7 nitrogen and oxygen atoms in total. The first-order valence-electron chi connectivity index (χ1n) is 7.19. The predicted molar refractivity (Wildman–Crippen MR) is 72.3 cm³/mol. The largest absolute Gasteiger partial charge is 0.388 e. The maximum Gasteiger partial charge on any atom is 0.276 e. The molecule has 110 valence electrons. The highest BCUT2D eigenvalue weighted by Crippen LogP contribution is 2.22. The lowest BCUT2D eigenvalue weighted by molar-refractivity contribution is 0.0569. The maximum absolute atomic E-state index is 12.3. The van der Waals surface area contributed by atoms with E-state index < -0.39 is 5.60 Å². The van der Waals surface area contributed by atoms with Crippen LogP contribution in [0.25, 0.3) is 0 Å². The van der Waals surface area contributed by atoms with Gasteiger partial charge in [0, 0.05) is 13.1 Å². The number of likely N-dealkylation sites (tertiary alicyclic amines) is 1. The van der Waals surface area contributed by atoms with Gasteiger partial charge in [0.25, 0.3) is 5.91 Å². The van der Waals surface area contributed by atoms with Crippen LogP contribution in [-0.2, 0) is 0 Å². The monoisotopic (exact) mass is 279 g/mol. The van der Waals surface area contributed by atoms with Gasteiger partial charge in [-0.3, -0.25) is 4.79 Å². The van der Waals surface area contributed by atoms with Crippen molar-refractivity contribution in [3.05, 3.63) is 11.9 Å². The lowest BCUT2D eigenvalue weighted by Crippen LogP contribution is -2.34. The molecule has 3 rings (SSSR count). The van der Waals surface area contributed by atoms with Gasteiger partial charge in [0.15, 0.2) is 5.69 Å². The Bertz CT molecular complexity index is 493. The summed E-state index contributed by atoms with van der Waals surface area (Å²) in [7, 11) is 0. The number of carbonyl (C=O) groups is 1. The molecule has 0 bridgehead atoms. The average Bonchev–Trinajstić information content (AvgIpc) is 3.05. The van der Waals surface area contributed by atoms with Gasteiger partial charge in [-0.2, -0.15) is 0 Å². The lowest BCUT2D eigenvalue weighted by Gasteiger charge is -2.22. The summed E-state index contributed by atoms with van der Waals surface area (Å²) in [6, 6.07) is 0.326. The molecule has 1 aromatic rings. The van der Waals surface area contributed by atoms with E-state index in [1.807, 2.05) is 4.68 Å². The number of aliphatic hydroxyl groups is 1. The van der Waals surface area contributed by atoms with Gasteiger partial charge in [-0.05, 0) is 39.3 Å². The van der Waals surface area contributed by atoms with Gasteiger partial charge >= 0.3 is 0 Å². The van der Waals surface area contributed by atoms with Crippen LogP contribution >= 0.6 is 0 Å². The molecule has 0 spiro atoms. The Hall–Kier alpha value is -1.47. The zero-order chi connectivity index (χ0) is 14.2. The molecule has 2 N–H and O–H groups in total. The van der Waals surface area contributed by atoms with E-state index in [9.17, 15) is 9.90 Å². The lowest BCUT2D eigenvalue weighted by atomic mass is 10.1. The fraction of sp³-hybridized carbons (Fsp3) is 0.769. The van der Waals surface area contributed by atoms with Crippen molar-refractivity contribution in [1.29, 1.82) is 0 Å². The van der Waals surface area contributed by atoms with Gasteiger partial charge in [0.1, 0.15) is 0 Å². The summed E-state index contributed by atoms with van der Waals surface area (Å²) < 4.78 is 1.81. The Morgan fingerprint density at radius 3 is 2.90 bits per heavy atom. The number of nitrogens with one attached hydrogen (secondary N) is 1. The SMILES string of the molecule is CC1(O)CCN(C(=O)c2cn(C3CCNCC3)nn2)C1. The van der Waals surface area contributed by atoms with Crippen LogP contribution in [0.2, 0.25) is 0 Å². The maximum atomic E-state index is 12.3. The van der Waals surface area contributed by atoms with Crippen LogP contribution in [0, 0.1) is 0 Å². The molecule has 1 atom stereocenters. The van der Waals surface area contributed by atoms with Crippen molar-refractivity contribution in [2.45, 2.75) is 37.8 Å². The van der Waals surface area contributed by atoms with E-state index in [-0.39, 0.29) is 5.91 Å². The summed E-state index contributed by atoms with van der Waals surface area (Å²) in [5.74, 6) is -0.136. The quantitative estimate of drug-likeness (QED) is 0.783. The van der Waals surface area contributed by atoms with Gasteiger partial charge in [-0.25, -0.2) is 4.68 Å². The second-order valence-electron chi connectivity index (χ2n) is 6.04. The minimum atomic E-state index is -0.777. The van der Waals surface area contributed by atoms with Gasteiger partial charge in [-0.1, -0.05) is 5.21 Å².